The molecule has 0 atom stereocenters. The summed E-state index contributed by atoms with van der Waals surface area (Å²) >= 11 is 0. The first-order valence-corrected chi connectivity index (χ1v) is 5.25. The molecule has 0 amide bonds. The lowest BCUT2D eigenvalue weighted by molar-refractivity contribution is -0.115. The monoisotopic (exact) mass is 202 g/mol. The van der Waals surface area contributed by atoms with Crippen LogP contribution >= 0.6 is 0 Å². The van der Waals surface area contributed by atoms with Gasteiger partial charge < -0.3 is 4.74 Å². The molecule has 1 aliphatic rings. The van der Waals surface area contributed by atoms with Gasteiger partial charge in [-0.15, -0.1) is 0 Å². The van der Waals surface area contributed by atoms with Gasteiger partial charge in [-0.3, -0.25) is 4.79 Å². The van der Waals surface area contributed by atoms with Crippen LogP contribution in [-0.2, 0) is 4.79 Å². The van der Waals surface area contributed by atoms with Crippen molar-refractivity contribution in [3.05, 3.63) is 42.0 Å². The van der Waals surface area contributed by atoms with E-state index in [4.69, 9.17) is 4.74 Å². The van der Waals surface area contributed by atoms with Crippen LogP contribution in [0.1, 0.15) is 19.3 Å². The molecule has 0 bridgehead atoms. The molecule has 0 unspecified atom stereocenters. The zero-order valence-electron chi connectivity index (χ0n) is 8.61. The summed E-state index contributed by atoms with van der Waals surface area (Å²) in [4.78, 5) is 11.2. The van der Waals surface area contributed by atoms with Crippen molar-refractivity contribution in [2.45, 2.75) is 19.3 Å². The Morgan fingerprint density at radius 3 is 2.67 bits per heavy atom. The van der Waals surface area contributed by atoms with E-state index in [2.05, 4.69) is 0 Å². The summed E-state index contributed by atoms with van der Waals surface area (Å²) in [5.41, 5.74) is 1.11. The highest BCUT2D eigenvalue weighted by Gasteiger charge is 2.09. The van der Waals surface area contributed by atoms with Crippen LogP contribution < -0.4 is 4.74 Å². The molecular formula is C13H14O2. The van der Waals surface area contributed by atoms with Gasteiger partial charge in [0.25, 0.3) is 0 Å². The molecule has 0 saturated heterocycles. The van der Waals surface area contributed by atoms with E-state index in [0.29, 0.717) is 13.0 Å². The topological polar surface area (TPSA) is 26.3 Å². The molecule has 78 valence electrons. The van der Waals surface area contributed by atoms with E-state index in [9.17, 15) is 4.79 Å². The molecule has 0 N–H and O–H groups in total. The zero-order valence-corrected chi connectivity index (χ0v) is 8.61. The van der Waals surface area contributed by atoms with Crippen molar-refractivity contribution in [3.63, 3.8) is 0 Å². The average Bonchev–Trinajstić information content (AvgIpc) is 2.28. The second-order valence-electron chi connectivity index (χ2n) is 3.72. The molecule has 0 spiro atoms. The van der Waals surface area contributed by atoms with E-state index in [1.807, 2.05) is 30.3 Å². The van der Waals surface area contributed by atoms with Crippen molar-refractivity contribution < 1.29 is 9.53 Å². The van der Waals surface area contributed by atoms with Gasteiger partial charge in [0.2, 0.25) is 0 Å². The number of hydrogen-bond donors (Lipinski definition) is 0. The molecule has 1 aromatic rings. The average molecular weight is 202 g/mol. The van der Waals surface area contributed by atoms with Gasteiger partial charge in [-0.2, -0.15) is 0 Å². The Hall–Kier alpha value is -1.57. The highest BCUT2D eigenvalue weighted by atomic mass is 16.5. The van der Waals surface area contributed by atoms with Crippen LogP contribution in [0.2, 0.25) is 0 Å². The fourth-order valence-corrected chi connectivity index (χ4v) is 1.67. The fraction of sp³-hybridized carbons (Fsp3) is 0.308. The van der Waals surface area contributed by atoms with Gasteiger partial charge in [-0.05, 0) is 36.6 Å². The van der Waals surface area contributed by atoms with E-state index in [0.717, 1.165) is 24.2 Å². The van der Waals surface area contributed by atoms with Gasteiger partial charge in [0.1, 0.15) is 12.4 Å². The molecule has 15 heavy (non-hydrogen) atoms. The smallest absolute Gasteiger partial charge is 0.155 e. The predicted molar refractivity (Wildman–Crippen MR) is 58.9 cm³/mol. The first-order chi connectivity index (χ1) is 7.34. The lowest BCUT2D eigenvalue weighted by atomic mass is 9.99. The maximum Gasteiger partial charge on any atom is 0.155 e. The van der Waals surface area contributed by atoms with Crippen LogP contribution in [0.5, 0.6) is 5.75 Å². The van der Waals surface area contributed by atoms with Crippen molar-refractivity contribution in [1.29, 1.82) is 0 Å². The highest BCUT2D eigenvalue weighted by molar-refractivity contribution is 5.91. The molecular weight excluding hydrogens is 188 g/mol. The molecule has 0 heterocycles. The fourth-order valence-electron chi connectivity index (χ4n) is 1.67. The molecule has 2 nitrogen and oxygen atoms in total. The number of rotatable bonds is 3. The standard InChI is InChI=1S/C13H14O2/c14-12-6-4-5-11(9-12)10-15-13-7-2-1-3-8-13/h1-3,7-9H,4-6,10H2. The number of para-hydroxylation sites is 1. The Morgan fingerprint density at radius 1 is 1.13 bits per heavy atom. The van der Waals surface area contributed by atoms with Crippen LogP contribution in [-0.4, -0.2) is 12.4 Å². The van der Waals surface area contributed by atoms with Crippen LogP contribution in [0.15, 0.2) is 42.0 Å². The number of ketones is 1. The normalized spacial score (nSPS) is 16.0. The Kier molecular flexibility index (Phi) is 3.18. The minimum Gasteiger partial charge on any atom is -0.489 e. The van der Waals surface area contributed by atoms with E-state index in [-0.39, 0.29) is 5.78 Å². The summed E-state index contributed by atoms with van der Waals surface area (Å²) in [5.74, 6) is 1.09. The van der Waals surface area contributed by atoms with Crippen molar-refractivity contribution >= 4 is 5.78 Å². The number of carbonyl (C=O) groups is 1. The largest absolute Gasteiger partial charge is 0.489 e. The van der Waals surface area contributed by atoms with Gasteiger partial charge in [-0.25, -0.2) is 0 Å². The number of hydrogen-bond acceptors (Lipinski definition) is 2. The van der Waals surface area contributed by atoms with Gasteiger partial charge in [-0.1, -0.05) is 18.2 Å². The summed E-state index contributed by atoms with van der Waals surface area (Å²) in [5, 5.41) is 0. The molecule has 0 aliphatic heterocycles. The lowest BCUT2D eigenvalue weighted by Gasteiger charge is -2.12. The van der Waals surface area contributed by atoms with Gasteiger partial charge >= 0.3 is 0 Å². The second-order valence-corrected chi connectivity index (χ2v) is 3.72. The summed E-state index contributed by atoms with van der Waals surface area (Å²) in [7, 11) is 0. The van der Waals surface area contributed by atoms with Gasteiger partial charge in [0.15, 0.2) is 5.78 Å². The SMILES string of the molecule is O=C1C=C(COc2ccccc2)CCC1. The highest BCUT2D eigenvalue weighted by Crippen LogP contribution is 2.17. The molecule has 1 aliphatic carbocycles. The maximum absolute atomic E-state index is 11.2. The predicted octanol–water partition coefficient (Wildman–Crippen LogP) is 2.74. The minimum atomic E-state index is 0.230. The second kappa shape index (κ2) is 4.78. The van der Waals surface area contributed by atoms with E-state index < -0.39 is 0 Å². The Morgan fingerprint density at radius 2 is 1.93 bits per heavy atom. The number of allylic oxidation sites excluding steroid dienone is 1. The number of benzene rings is 1. The number of carbonyl (C=O) groups excluding carboxylic acids is 1. The van der Waals surface area contributed by atoms with Crippen LogP contribution in [0.4, 0.5) is 0 Å². The van der Waals surface area contributed by atoms with Crippen molar-refractivity contribution in [2.75, 3.05) is 6.61 Å². The van der Waals surface area contributed by atoms with Crippen LogP contribution in [0, 0.1) is 0 Å². The van der Waals surface area contributed by atoms with Crippen LogP contribution in [0.3, 0.4) is 0 Å². The summed E-state index contributed by atoms with van der Waals surface area (Å²) < 4.78 is 5.57. The molecule has 1 aromatic carbocycles. The van der Waals surface area contributed by atoms with Crippen molar-refractivity contribution in [2.24, 2.45) is 0 Å². The zero-order chi connectivity index (χ0) is 10.5. The lowest BCUT2D eigenvalue weighted by Crippen LogP contribution is -2.09. The quantitative estimate of drug-likeness (QED) is 0.753. The van der Waals surface area contributed by atoms with Crippen molar-refractivity contribution in [1.82, 2.24) is 0 Å². The third-order valence-electron chi connectivity index (χ3n) is 2.45. The Balaban J connectivity index is 1.91. The van der Waals surface area contributed by atoms with E-state index in [1.165, 1.54) is 0 Å². The van der Waals surface area contributed by atoms with E-state index in [1.54, 1.807) is 6.08 Å². The molecule has 0 fully saturated rings. The van der Waals surface area contributed by atoms with Crippen molar-refractivity contribution in [3.8, 4) is 5.75 Å². The first-order valence-electron chi connectivity index (χ1n) is 5.25. The van der Waals surface area contributed by atoms with Crippen LogP contribution in [0.25, 0.3) is 0 Å². The third kappa shape index (κ3) is 2.94. The number of ether oxygens (including phenoxy) is 1. The molecule has 0 radical (unpaired) electrons. The van der Waals surface area contributed by atoms with Gasteiger partial charge in [0.05, 0.1) is 0 Å². The summed E-state index contributed by atoms with van der Waals surface area (Å²) in [6.45, 7) is 0.537. The molecule has 0 aromatic heterocycles. The summed E-state index contributed by atoms with van der Waals surface area (Å²) in [6.07, 6.45) is 4.36. The molecule has 2 heteroatoms. The van der Waals surface area contributed by atoms with E-state index >= 15 is 0 Å². The third-order valence-corrected chi connectivity index (χ3v) is 2.45. The molecule has 2 rings (SSSR count). The Bertz CT molecular complexity index is 365. The molecule has 0 saturated carbocycles. The van der Waals surface area contributed by atoms with Gasteiger partial charge in [0, 0.05) is 6.42 Å². The summed E-state index contributed by atoms with van der Waals surface area (Å²) in [6, 6.07) is 9.68. The Labute approximate surface area is 89.6 Å². The minimum absolute atomic E-state index is 0.230. The maximum atomic E-state index is 11.2. The first kappa shape index (κ1) is 9.97.